The van der Waals surface area contributed by atoms with Crippen LogP contribution in [0.4, 0.5) is 5.69 Å². The molecule has 4 aromatic heterocycles. The molecule has 0 saturated carbocycles. The van der Waals surface area contributed by atoms with E-state index in [-0.39, 0.29) is 5.56 Å². The largest absolute Gasteiger partial charge is 0.367 e. The number of hydrogen-bond donors (Lipinski definition) is 0. The minimum absolute atomic E-state index is 0.111. The third-order valence-electron chi connectivity index (χ3n) is 5.96. The average Bonchev–Trinajstić information content (AvgIpc) is 3.10. The van der Waals surface area contributed by atoms with Crippen molar-refractivity contribution in [2.75, 3.05) is 31.6 Å². The van der Waals surface area contributed by atoms with Gasteiger partial charge in [0.2, 0.25) is 0 Å². The fraction of sp³-hybridized carbons (Fsp3) is 0.364. The standard InChI is InChI=1S/C22H25N7O/c1-14-9-19(25-29-11-15(2)23-22(14)29)18-10-21(30)28-13-17(5-6-20(28)24-18)27-8-7-26(4)16(3)12-27/h5-6,9-11,13,16H,7-8,12H2,1-4H3. The highest BCUT2D eigenvalue weighted by Crippen LogP contribution is 2.21. The number of anilines is 1. The third kappa shape index (κ3) is 3.13. The normalized spacial score (nSPS) is 17.9. The Morgan fingerprint density at radius 2 is 1.87 bits per heavy atom. The van der Waals surface area contributed by atoms with E-state index in [1.165, 1.54) is 0 Å². The Morgan fingerprint density at radius 1 is 1.03 bits per heavy atom. The number of aryl methyl sites for hydroxylation is 2. The van der Waals surface area contributed by atoms with Crippen molar-refractivity contribution in [1.82, 2.24) is 28.9 Å². The van der Waals surface area contributed by atoms with Crippen LogP contribution in [0.15, 0.2) is 41.5 Å². The van der Waals surface area contributed by atoms with E-state index in [1.54, 1.807) is 15.0 Å². The summed E-state index contributed by atoms with van der Waals surface area (Å²) in [4.78, 5) is 26.8. The maximum atomic E-state index is 12.9. The van der Waals surface area contributed by atoms with Gasteiger partial charge in [-0.2, -0.15) is 5.10 Å². The number of pyridine rings is 1. The molecule has 1 unspecified atom stereocenters. The summed E-state index contributed by atoms with van der Waals surface area (Å²) in [5.41, 5.74) is 5.49. The number of likely N-dealkylation sites (N-methyl/N-ethyl adjacent to an activating group) is 1. The van der Waals surface area contributed by atoms with E-state index in [0.717, 1.165) is 42.2 Å². The molecule has 1 aliphatic heterocycles. The van der Waals surface area contributed by atoms with Crippen molar-refractivity contribution >= 4 is 17.0 Å². The van der Waals surface area contributed by atoms with Crippen LogP contribution < -0.4 is 10.5 Å². The lowest BCUT2D eigenvalue weighted by atomic mass is 10.2. The fourth-order valence-electron chi connectivity index (χ4n) is 4.06. The molecular weight excluding hydrogens is 378 g/mol. The van der Waals surface area contributed by atoms with Crippen LogP contribution in [-0.4, -0.2) is 61.6 Å². The molecule has 0 N–H and O–H groups in total. The summed E-state index contributed by atoms with van der Waals surface area (Å²) in [6.07, 6.45) is 3.77. The zero-order chi connectivity index (χ0) is 21.0. The van der Waals surface area contributed by atoms with Crippen LogP contribution in [0, 0.1) is 13.8 Å². The first-order chi connectivity index (χ1) is 14.4. The average molecular weight is 403 g/mol. The fourth-order valence-corrected chi connectivity index (χ4v) is 4.06. The van der Waals surface area contributed by atoms with E-state index < -0.39 is 0 Å². The van der Waals surface area contributed by atoms with E-state index in [1.807, 2.05) is 44.4 Å². The number of piperazine rings is 1. The minimum Gasteiger partial charge on any atom is -0.367 e. The van der Waals surface area contributed by atoms with E-state index in [0.29, 0.717) is 23.1 Å². The van der Waals surface area contributed by atoms with Gasteiger partial charge in [-0.15, -0.1) is 0 Å². The highest BCUT2D eigenvalue weighted by atomic mass is 16.1. The summed E-state index contributed by atoms with van der Waals surface area (Å²) in [5.74, 6) is 0. The summed E-state index contributed by atoms with van der Waals surface area (Å²) < 4.78 is 3.37. The molecular formula is C22H25N7O. The van der Waals surface area contributed by atoms with Crippen molar-refractivity contribution in [3.8, 4) is 11.4 Å². The Balaban J connectivity index is 1.56. The number of aromatic nitrogens is 5. The van der Waals surface area contributed by atoms with E-state index in [2.05, 4.69) is 33.9 Å². The first-order valence-corrected chi connectivity index (χ1v) is 10.2. The molecule has 0 aliphatic carbocycles. The van der Waals surface area contributed by atoms with Gasteiger partial charge in [-0.25, -0.2) is 14.5 Å². The van der Waals surface area contributed by atoms with Gasteiger partial charge in [0.1, 0.15) is 11.3 Å². The lowest BCUT2D eigenvalue weighted by Crippen LogP contribution is -2.50. The monoisotopic (exact) mass is 403 g/mol. The maximum absolute atomic E-state index is 12.9. The molecule has 0 radical (unpaired) electrons. The second kappa shape index (κ2) is 6.91. The van der Waals surface area contributed by atoms with E-state index >= 15 is 0 Å². The summed E-state index contributed by atoms with van der Waals surface area (Å²) in [6, 6.07) is 7.92. The Morgan fingerprint density at radius 3 is 2.67 bits per heavy atom. The number of rotatable bonds is 2. The number of imidazole rings is 1. The summed E-state index contributed by atoms with van der Waals surface area (Å²) >= 11 is 0. The quantitative estimate of drug-likeness (QED) is 0.511. The lowest BCUT2D eigenvalue weighted by Gasteiger charge is -2.39. The number of fused-ring (bicyclic) bond motifs is 2. The molecule has 1 saturated heterocycles. The zero-order valence-electron chi connectivity index (χ0n) is 17.7. The first kappa shape index (κ1) is 18.7. The third-order valence-corrected chi connectivity index (χ3v) is 5.96. The molecule has 5 heterocycles. The molecule has 1 atom stereocenters. The van der Waals surface area contributed by atoms with E-state index in [4.69, 9.17) is 4.98 Å². The van der Waals surface area contributed by atoms with Gasteiger partial charge in [0.15, 0.2) is 5.65 Å². The van der Waals surface area contributed by atoms with Crippen LogP contribution in [0.25, 0.3) is 22.7 Å². The van der Waals surface area contributed by atoms with Crippen LogP contribution in [-0.2, 0) is 0 Å². The second-order valence-corrected chi connectivity index (χ2v) is 8.23. The predicted molar refractivity (Wildman–Crippen MR) is 117 cm³/mol. The van der Waals surface area contributed by atoms with Gasteiger partial charge in [0.25, 0.3) is 5.56 Å². The predicted octanol–water partition coefficient (Wildman–Crippen LogP) is 2.16. The molecule has 0 aromatic carbocycles. The summed E-state index contributed by atoms with van der Waals surface area (Å²) in [7, 11) is 2.15. The van der Waals surface area contributed by atoms with Crippen molar-refractivity contribution in [3.05, 3.63) is 58.3 Å². The van der Waals surface area contributed by atoms with Gasteiger partial charge in [-0.3, -0.25) is 9.20 Å². The van der Waals surface area contributed by atoms with Gasteiger partial charge >= 0.3 is 0 Å². The molecule has 1 fully saturated rings. The molecule has 8 heteroatoms. The van der Waals surface area contributed by atoms with Crippen LogP contribution in [0.5, 0.6) is 0 Å². The van der Waals surface area contributed by atoms with Gasteiger partial charge < -0.3 is 9.80 Å². The topological polar surface area (TPSA) is 71.0 Å². The van der Waals surface area contributed by atoms with Crippen molar-refractivity contribution in [2.24, 2.45) is 0 Å². The Hall–Kier alpha value is -3.26. The van der Waals surface area contributed by atoms with Crippen molar-refractivity contribution in [1.29, 1.82) is 0 Å². The number of nitrogens with zero attached hydrogens (tertiary/aromatic N) is 7. The second-order valence-electron chi connectivity index (χ2n) is 8.23. The van der Waals surface area contributed by atoms with Gasteiger partial charge in [-0.05, 0) is 51.6 Å². The smallest absolute Gasteiger partial charge is 0.258 e. The molecule has 0 amide bonds. The summed E-state index contributed by atoms with van der Waals surface area (Å²) in [5, 5.41) is 4.61. The van der Waals surface area contributed by atoms with Gasteiger partial charge in [0.05, 0.1) is 23.3 Å². The van der Waals surface area contributed by atoms with Gasteiger partial charge in [-0.1, -0.05) is 0 Å². The molecule has 154 valence electrons. The van der Waals surface area contributed by atoms with Crippen LogP contribution >= 0.6 is 0 Å². The molecule has 8 nitrogen and oxygen atoms in total. The lowest BCUT2D eigenvalue weighted by molar-refractivity contribution is 0.234. The molecule has 1 aliphatic rings. The Kier molecular flexibility index (Phi) is 4.32. The van der Waals surface area contributed by atoms with Crippen molar-refractivity contribution in [3.63, 3.8) is 0 Å². The molecule has 0 spiro atoms. The first-order valence-electron chi connectivity index (χ1n) is 10.2. The minimum atomic E-state index is -0.111. The summed E-state index contributed by atoms with van der Waals surface area (Å²) in [6.45, 7) is 9.04. The highest BCUT2D eigenvalue weighted by molar-refractivity contribution is 5.62. The Bertz CT molecular complexity index is 1320. The van der Waals surface area contributed by atoms with Gasteiger partial charge in [0, 0.05) is 37.9 Å². The number of hydrogen-bond acceptors (Lipinski definition) is 6. The van der Waals surface area contributed by atoms with Crippen molar-refractivity contribution in [2.45, 2.75) is 26.8 Å². The Labute approximate surface area is 174 Å². The van der Waals surface area contributed by atoms with Crippen LogP contribution in [0.3, 0.4) is 0 Å². The molecule has 5 rings (SSSR count). The van der Waals surface area contributed by atoms with Crippen LogP contribution in [0.2, 0.25) is 0 Å². The molecule has 0 bridgehead atoms. The van der Waals surface area contributed by atoms with E-state index in [9.17, 15) is 4.79 Å². The molecule has 30 heavy (non-hydrogen) atoms. The SMILES string of the molecule is Cc1cn2nc(-c3cc(=O)n4cc(N5CCN(C)C(C)C5)ccc4n3)cc(C)c2n1. The highest BCUT2D eigenvalue weighted by Gasteiger charge is 2.21. The molecule has 4 aromatic rings. The van der Waals surface area contributed by atoms with Crippen molar-refractivity contribution < 1.29 is 0 Å². The maximum Gasteiger partial charge on any atom is 0.258 e. The van der Waals surface area contributed by atoms with Crippen LogP contribution in [0.1, 0.15) is 18.2 Å². The zero-order valence-corrected chi connectivity index (χ0v) is 17.7.